The van der Waals surface area contributed by atoms with Gasteiger partial charge in [-0.1, -0.05) is 6.07 Å². The predicted molar refractivity (Wildman–Crippen MR) is 119 cm³/mol. The summed E-state index contributed by atoms with van der Waals surface area (Å²) in [5, 5.41) is 4.71. The Morgan fingerprint density at radius 3 is 2.71 bits per heavy atom. The summed E-state index contributed by atoms with van der Waals surface area (Å²) in [6.45, 7) is 2.87. The molecule has 0 atom stereocenters. The van der Waals surface area contributed by atoms with Crippen LogP contribution in [0.2, 0.25) is 0 Å². The second-order valence-electron chi connectivity index (χ2n) is 7.28. The van der Waals surface area contributed by atoms with Crippen LogP contribution < -0.4 is 20.4 Å². The molecule has 0 aliphatic carbocycles. The average molecular weight is 420 g/mol. The van der Waals surface area contributed by atoms with E-state index in [0.29, 0.717) is 30.0 Å². The number of carbonyl (C=O) groups is 1. The van der Waals surface area contributed by atoms with Gasteiger partial charge in [0.25, 0.3) is 0 Å². The topological polar surface area (TPSA) is 82.7 Å². The molecule has 31 heavy (non-hydrogen) atoms. The number of benzene rings is 2. The lowest BCUT2D eigenvalue weighted by atomic mass is 10.0. The molecule has 0 aliphatic heterocycles. The van der Waals surface area contributed by atoms with E-state index >= 15 is 0 Å². The lowest BCUT2D eigenvalue weighted by molar-refractivity contribution is -0.120. The quantitative estimate of drug-likeness (QED) is 0.463. The highest BCUT2D eigenvalue weighted by Gasteiger charge is 2.15. The molecule has 4 aromatic rings. The summed E-state index contributed by atoms with van der Waals surface area (Å²) in [5.41, 5.74) is 2.09. The number of hydrogen-bond donors (Lipinski definition) is 1. The van der Waals surface area contributed by atoms with Gasteiger partial charge < -0.3 is 23.8 Å². The molecule has 0 bridgehead atoms. The highest BCUT2D eigenvalue weighted by molar-refractivity contribution is 5.87. The highest BCUT2D eigenvalue weighted by Crippen LogP contribution is 2.26. The molecule has 4 rings (SSSR count). The standard InChI is InChI=1S/C24H24N2O5/c1-15-17-8-7-16(29-2)13-22(17)31-24(28)19(15)14-23(27)25-10-12-26-11-9-18-20(26)5-4-6-21(18)30-3/h4-9,11,13H,10,12,14H2,1-3H3,(H,25,27). The van der Waals surface area contributed by atoms with E-state index in [9.17, 15) is 9.59 Å². The van der Waals surface area contributed by atoms with Crippen LogP contribution in [0.25, 0.3) is 21.9 Å². The molecule has 0 saturated heterocycles. The van der Waals surface area contributed by atoms with E-state index in [1.165, 1.54) is 0 Å². The second kappa shape index (κ2) is 8.55. The van der Waals surface area contributed by atoms with Crippen molar-refractivity contribution >= 4 is 27.8 Å². The minimum Gasteiger partial charge on any atom is -0.497 e. The lowest BCUT2D eigenvalue weighted by Gasteiger charge is -2.10. The van der Waals surface area contributed by atoms with Crippen LogP contribution >= 0.6 is 0 Å². The van der Waals surface area contributed by atoms with Gasteiger partial charge in [-0.3, -0.25) is 4.79 Å². The summed E-state index contributed by atoms with van der Waals surface area (Å²) in [5.74, 6) is 1.20. The Balaban J connectivity index is 1.45. The van der Waals surface area contributed by atoms with Crippen LogP contribution in [-0.2, 0) is 17.8 Å². The Bertz CT molecular complexity index is 1320. The van der Waals surface area contributed by atoms with Crippen molar-refractivity contribution < 1.29 is 18.7 Å². The molecule has 0 spiro atoms. The van der Waals surface area contributed by atoms with Gasteiger partial charge >= 0.3 is 5.63 Å². The fraction of sp³-hybridized carbons (Fsp3) is 0.250. The molecule has 7 nitrogen and oxygen atoms in total. The predicted octanol–water partition coefficient (Wildman–Crippen LogP) is 3.43. The highest BCUT2D eigenvalue weighted by atomic mass is 16.5. The number of fused-ring (bicyclic) bond motifs is 2. The summed E-state index contributed by atoms with van der Waals surface area (Å²) in [7, 11) is 3.20. The molecule has 0 aliphatic rings. The molecule has 1 N–H and O–H groups in total. The van der Waals surface area contributed by atoms with Crippen molar-refractivity contribution in [3.8, 4) is 11.5 Å². The first-order valence-electron chi connectivity index (χ1n) is 10.0. The van der Waals surface area contributed by atoms with Gasteiger partial charge in [0, 0.05) is 36.1 Å². The van der Waals surface area contributed by atoms with Crippen LogP contribution in [0.1, 0.15) is 11.1 Å². The minimum absolute atomic E-state index is 0.0314. The van der Waals surface area contributed by atoms with Crippen LogP contribution in [0.3, 0.4) is 0 Å². The molecular weight excluding hydrogens is 396 g/mol. The Morgan fingerprint density at radius 1 is 1.10 bits per heavy atom. The monoisotopic (exact) mass is 420 g/mol. The van der Waals surface area contributed by atoms with Crippen LogP contribution in [0.15, 0.2) is 57.9 Å². The SMILES string of the molecule is COc1ccc2c(C)c(CC(=O)NCCn3ccc4c(OC)cccc43)c(=O)oc2c1. The van der Waals surface area contributed by atoms with Gasteiger partial charge in [0.2, 0.25) is 5.91 Å². The number of nitrogens with zero attached hydrogens (tertiary/aromatic N) is 1. The number of methoxy groups -OCH3 is 2. The molecular formula is C24H24N2O5. The van der Waals surface area contributed by atoms with Gasteiger partial charge in [0.15, 0.2) is 0 Å². The number of nitrogens with one attached hydrogen (secondary N) is 1. The van der Waals surface area contributed by atoms with Gasteiger partial charge in [0.05, 0.1) is 31.7 Å². The first kappa shape index (κ1) is 20.5. The lowest BCUT2D eigenvalue weighted by Crippen LogP contribution is -2.30. The number of aromatic nitrogens is 1. The van der Waals surface area contributed by atoms with Crippen molar-refractivity contribution in [3.05, 3.63) is 70.2 Å². The van der Waals surface area contributed by atoms with E-state index in [4.69, 9.17) is 13.9 Å². The third-order valence-corrected chi connectivity index (χ3v) is 5.50. The number of rotatable bonds is 7. The van der Waals surface area contributed by atoms with Crippen molar-refractivity contribution in [1.82, 2.24) is 9.88 Å². The van der Waals surface area contributed by atoms with E-state index in [1.54, 1.807) is 26.4 Å². The van der Waals surface area contributed by atoms with Crippen LogP contribution in [0.5, 0.6) is 11.5 Å². The molecule has 2 aromatic carbocycles. The summed E-state index contributed by atoms with van der Waals surface area (Å²) in [6, 6.07) is 13.2. The summed E-state index contributed by atoms with van der Waals surface area (Å²) >= 11 is 0. The zero-order valence-corrected chi connectivity index (χ0v) is 17.7. The largest absolute Gasteiger partial charge is 0.497 e. The van der Waals surface area contributed by atoms with Crippen LogP contribution in [0.4, 0.5) is 0 Å². The fourth-order valence-electron chi connectivity index (χ4n) is 3.81. The van der Waals surface area contributed by atoms with Crippen LogP contribution in [0, 0.1) is 6.92 Å². The van der Waals surface area contributed by atoms with Gasteiger partial charge in [-0.05, 0) is 42.8 Å². The van der Waals surface area contributed by atoms with Crippen molar-refractivity contribution in [3.63, 3.8) is 0 Å². The molecule has 0 saturated carbocycles. The first-order valence-corrected chi connectivity index (χ1v) is 10.0. The van der Waals surface area contributed by atoms with Crippen LogP contribution in [-0.4, -0.2) is 31.2 Å². The van der Waals surface area contributed by atoms with Crippen molar-refractivity contribution in [2.24, 2.45) is 0 Å². The van der Waals surface area contributed by atoms with Crippen molar-refractivity contribution in [2.45, 2.75) is 19.9 Å². The zero-order chi connectivity index (χ0) is 22.0. The average Bonchev–Trinajstić information content (AvgIpc) is 3.19. The van der Waals surface area contributed by atoms with Gasteiger partial charge in [-0.15, -0.1) is 0 Å². The Labute approximate surface area is 179 Å². The maximum absolute atomic E-state index is 12.5. The molecule has 1 amide bonds. The third kappa shape index (κ3) is 3.99. The second-order valence-corrected chi connectivity index (χ2v) is 7.28. The van der Waals surface area contributed by atoms with E-state index < -0.39 is 5.63 Å². The molecule has 160 valence electrons. The van der Waals surface area contributed by atoms with E-state index in [0.717, 1.165) is 27.6 Å². The van der Waals surface area contributed by atoms with Crippen molar-refractivity contribution in [1.29, 1.82) is 0 Å². The number of hydrogen-bond acceptors (Lipinski definition) is 5. The van der Waals surface area contributed by atoms with Gasteiger partial charge in [0.1, 0.15) is 17.1 Å². The minimum atomic E-state index is -0.503. The van der Waals surface area contributed by atoms with E-state index in [2.05, 4.69) is 9.88 Å². The number of amides is 1. The fourth-order valence-corrected chi connectivity index (χ4v) is 3.81. The molecule has 0 radical (unpaired) electrons. The normalized spacial score (nSPS) is 11.1. The van der Waals surface area contributed by atoms with Gasteiger partial charge in [-0.25, -0.2) is 4.79 Å². The molecule has 2 aromatic heterocycles. The van der Waals surface area contributed by atoms with E-state index in [-0.39, 0.29) is 12.3 Å². The van der Waals surface area contributed by atoms with Crippen molar-refractivity contribution in [2.75, 3.05) is 20.8 Å². The Hall–Kier alpha value is -3.74. The molecule has 0 unspecified atom stereocenters. The Morgan fingerprint density at radius 2 is 1.94 bits per heavy atom. The first-order chi connectivity index (χ1) is 15.0. The Kier molecular flexibility index (Phi) is 5.66. The maximum Gasteiger partial charge on any atom is 0.340 e. The third-order valence-electron chi connectivity index (χ3n) is 5.50. The smallest absolute Gasteiger partial charge is 0.340 e. The van der Waals surface area contributed by atoms with Gasteiger partial charge in [-0.2, -0.15) is 0 Å². The number of aryl methyl sites for hydroxylation is 1. The molecule has 0 fully saturated rings. The maximum atomic E-state index is 12.5. The number of ether oxygens (including phenoxy) is 2. The zero-order valence-electron chi connectivity index (χ0n) is 17.7. The summed E-state index contributed by atoms with van der Waals surface area (Å²) in [4.78, 5) is 25.0. The molecule has 7 heteroatoms. The summed E-state index contributed by atoms with van der Waals surface area (Å²) < 4.78 is 18.0. The van der Waals surface area contributed by atoms with E-state index in [1.807, 2.05) is 43.5 Å². The molecule has 2 heterocycles. The number of carbonyl (C=O) groups excluding carboxylic acids is 1. The summed E-state index contributed by atoms with van der Waals surface area (Å²) in [6.07, 6.45) is 1.94.